The predicted octanol–water partition coefficient (Wildman–Crippen LogP) is 4.83. The van der Waals surface area contributed by atoms with Crippen molar-refractivity contribution in [3.63, 3.8) is 0 Å². The Morgan fingerprint density at radius 2 is 1.50 bits per heavy atom. The van der Waals surface area contributed by atoms with Gasteiger partial charge in [0.05, 0.1) is 11.6 Å². The smallest absolute Gasteiger partial charge is 0.267 e. The zero-order valence-corrected chi connectivity index (χ0v) is 18.2. The van der Waals surface area contributed by atoms with Crippen molar-refractivity contribution in [1.82, 2.24) is 14.1 Å². The van der Waals surface area contributed by atoms with Crippen LogP contribution in [-0.2, 0) is 7.05 Å². The van der Waals surface area contributed by atoms with Crippen LogP contribution in [-0.4, -0.2) is 14.1 Å². The molecule has 5 aromatic rings. The van der Waals surface area contributed by atoms with E-state index in [-0.39, 0.29) is 22.4 Å². The molecule has 1 atom stereocenters. The maximum atomic E-state index is 14.0. The van der Waals surface area contributed by atoms with Crippen LogP contribution in [0.2, 0.25) is 0 Å². The van der Waals surface area contributed by atoms with Crippen molar-refractivity contribution in [1.29, 1.82) is 0 Å². The van der Waals surface area contributed by atoms with Crippen LogP contribution in [0.5, 0.6) is 0 Å². The fourth-order valence-corrected chi connectivity index (χ4v) is 4.42. The molecule has 2 heterocycles. The molecule has 32 heavy (non-hydrogen) atoms. The lowest BCUT2D eigenvalue weighted by Crippen LogP contribution is -2.31. The molecule has 0 N–H and O–H groups in total. The van der Waals surface area contributed by atoms with Crippen LogP contribution in [0.25, 0.3) is 33.3 Å². The topological polar surface area (TPSA) is 56.9 Å². The molecule has 5 heteroatoms. The third-order valence-corrected chi connectivity index (χ3v) is 6.21. The van der Waals surface area contributed by atoms with Gasteiger partial charge in [0.1, 0.15) is 11.2 Å². The van der Waals surface area contributed by atoms with Gasteiger partial charge < -0.3 is 4.57 Å². The summed E-state index contributed by atoms with van der Waals surface area (Å²) in [7, 11) is 1.85. The van der Waals surface area contributed by atoms with Gasteiger partial charge in [-0.3, -0.25) is 14.2 Å². The van der Waals surface area contributed by atoms with Crippen LogP contribution in [0.1, 0.15) is 24.1 Å². The fourth-order valence-electron chi connectivity index (χ4n) is 4.42. The van der Waals surface area contributed by atoms with E-state index in [9.17, 15) is 9.59 Å². The van der Waals surface area contributed by atoms with Gasteiger partial charge in [0.15, 0.2) is 5.65 Å². The number of aromatic nitrogens is 3. The minimum atomic E-state index is -0.323. The number of hydrogen-bond acceptors (Lipinski definition) is 3. The second-order valence-corrected chi connectivity index (χ2v) is 8.12. The minimum Gasteiger partial charge on any atom is -0.328 e. The predicted molar refractivity (Wildman–Crippen MR) is 129 cm³/mol. The van der Waals surface area contributed by atoms with E-state index in [0.717, 1.165) is 22.2 Å². The van der Waals surface area contributed by atoms with Crippen LogP contribution in [0.15, 0.2) is 88.5 Å². The Bertz CT molecular complexity index is 1600. The molecule has 0 aliphatic carbocycles. The van der Waals surface area contributed by atoms with Gasteiger partial charge in [-0.1, -0.05) is 66.7 Å². The van der Waals surface area contributed by atoms with E-state index < -0.39 is 0 Å². The highest BCUT2D eigenvalue weighted by molar-refractivity contribution is 5.92. The van der Waals surface area contributed by atoms with E-state index >= 15 is 0 Å². The highest BCUT2D eigenvalue weighted by atomic mass is 16.1. The first-order valence-electron chi connectivity index (χ1n) is 10.6. The van der Waals surface area contributed by atoms with Gasteiger partial charge >= 0.3 is 0 Å². The normalized spacial score (nSPS) is 12.3. The van der Waals surface area contributed by atoms with E-state index in [2.05, 4.69) is 0 Å². The molecule has 0 amide bonds. The van der Waals surface area contributed by atoms with E-state index in [0.29, 0.717) is 16.9 Å². The highest BCUT2D eigenvalue weighted by Gasteiger charge is 2.23. The summed E-state index contributed by atoms with van der Waals surface area (Å²) in [5.74, 6) is 0.558. The summed E-state index contributed by atoms with van der Waals surface area (Å²) >= 11 is 0. The maximum Gasteiger partial charge on any atom is 0.267 e. The molecular weight excluding hydrogens is 398 g/mol. The molecule has 0 unspecified atom stereocenters. The third kappa shape index (κ3) is 2.97. The van der Waals surface area contributed by atoms with Crippen molar-refractivity contribution in [3.05, 3.63) is 111 Å². The quantitative estimate of drug-likeness (QED) is 0.392. The summed E-state index contributed by atoms with van der Waals surface area (Å²) in [5, 5.41) is 0.635. The van der Waals surface area contributed by atoms with Crippen LogP contribution >= 0.6 is 0 Å². The number of rotatable bonds is 3. The number of pyridine rings is 1. The number of para-hydroxylation sites is 1. The highest BCUT2D eigenvalue weighted by Crippen LogP contribution is 2.27. The largest absolute Gasteiger partial charge is 0.328 e. The third-order valence-electron chi connectivity index (χ3n) is 6.21. The Morgan fingerprint density at radius 1 is 0.844 bits per heavy atom. The monoisotopic (exact) mass is 421 g/mol. The van der Waals surface area contributed by atoms with Crippen LogP contribution in [0, 0.1) is 6.92 Å². The van der Waals surface area contributed by atoms with Gasteiger partial charge in [-0.25, -0.2) is 4.98 Å². The van der Waals surface area contributed by atoms with Gasteiger partial charge in [0.25, 0.3) is 5.56 Å². The molecule has 0 aliphatic heterocycles. The molecule has 2 aromatic heterocycles. The molecule has 5 nitrogen and oxygen atoms in total. The van der Waals surface area contributed by atoms with Crippen molar-refractivity contribution in [2.45, 2.75) is 19.9 Å². The second kappa shape index (κ2) is 7.61. The summed E-state index contributed by atoms with van der Waals surface area (Å²) in [6.45, 7) is 3.97. The number of nitrogens with zero attached hydrogens (tertiary/aromatic N) is 3. The lowest BCUT2D eigenvalue weighted by atomic mass is 10.0. The van der Waals surface area contributed by atoms with Gasteiger partial charge in [0, 0.05) is 18.0 Å². The molecule has 0 saturated carbocycles. The molecule has 0 radical (unpaired) electrons. The molecule has 0 bridgehead atoms. The maximum absolute atomic E-state index is 14.0. The summed E-state index contributed by atoms with van der Waals surface area (Å²) in [6.07, 6.45) is 0. The SMILES string of the molecule is Cc1ccccc1-c1nc2c(c(=O)c3ccccc3n2C)c(=O)n1[C@H](C)c1ccccc1. The molecule has 0 fully saturated rings. The molecular formula is C27H23N3O2. The minimum absolute atomic E-state index is 0.117. The molecule has 3 aromatic carbocycles. The molecule has 0 aliphatic rings. The van der Waals surface area contributed by atoms with E-state index in [4.69, 9.17) is 4.98 Å². The fraction of sp³-hybridized carbons (Fsp3) is 0.148. The molecule has 158 valence electrons. The lowest BCUT2D eigenvalue weighted by Gasteiger charge is -2.22. The van der Waals surface area contributed by atoms with Gasteiger partial charge in [-0.15, -0.1) is 0 Å². The first-order valence-corrected chi connectivity index (χ1v) is 10.6. The summed E-state index contributed by atoms with van der Waals surface area (Å²) in [6, 6.07) is 24.7. The van der Waals surface area contributed by atoms with Crippen molar-refractivity contribution in [3.8, 4) is 11.4 Å². The second-order valence-electron chi connectivity index (χ2n) is 8.12. The Kier molecular flexibility index (Phi) is 4.74. The first kappa shape index (κ1) is 19.9. The van der Waals surface area contributed by atoms with Gasteiger partial charge in [-0.2, -0.15) is 0 Å². The first-order chi connectivity index (χ1) is 15.5. The van der Waals surface area contributed by atoms with Crippen molar-refractivity contribution < 1.29 is 0 Å². The molecule has 0 saturated heterocycles. The number of fused-ring (bicyclic) bond motifs is 2. The van der Waals surface area contributed by atoms with Crippen LogP contribution in [0.4, 0.5) is 0 Å². The summed E-state index contributed by atoms with van der Waals surface area (Å²) in [5.41, 5.74) is 3.40. The number of benzene rings is 3. The van der Waals surface area contributed by atoms with Crippen molar-refractivity contribution in [2.24, 2.45) is 7.05 Å². The van der Waals surface area contributed by atoms with Crippen molar-refractivity contribution >= 4 is 21.9 Å². The Morgan fingerprint density at radius 3 is 2.25 bits per heavy atom. The lowest BCUT2D eigenvalue weighted by molar-refractivity contribution is 0.615. The molecule has 0 spiro atoms. The average molecular weight is 422 g/mol. The van der Waals surface area contributed by atoms with E-state index in [1.54, 1.807) is 10.6 Å². The van der Waals surface area contributed by atoms with Crippen LogP contribution in [0.3, 0.4) is 0 Å². The zero-order valence-electron chi connectivity index (χ0n) is 18.2. The van der Waals surface area contributed by atoms with Gasteiger partial charge in [-0.05, 0) is 37.1 Å². The summed E-state index contributed by atoms with van der Waals surface area (Å²) < 4.78 is 3.50. The van der Waals surface area contributed by atoms with E-state index in [1.165, 1.54) is 0 Å². The summed E-state index contributed by atoms with van der Waals surface area (Å²) in [4.78, 5) is 32.3. The number of aryl methyl sites for hydroxylation is 2. The van der Waals surface area contributed by atoms with E-state index in [1.807, 2.05) is 98.3 Å². The Balaban J connectivity index is 1.98. The van der Waals surface area contributed by atoms with Gasteiger partial charge in [0.2, 0.25) is 5.43 Å². The molecule has 5 rings (SSSR count). The Labute approximate surface area is 185 Å². The van der Waals surface area contributed by atoms with Crippen molar-refractivity contribution in [2.75, 3.05) is 0 Å². The zero-order chi connectivity index (χ0) is 22.4. The average Bonchev–Trinajstić information content (AvgIpc) is 2.82. The standard InChI is InChI=1S/C27H23N3O2/c1-17-11-7-8-14-20(17)25-28-26-23(24(31)21-15-9-10-16-22(21)29(26)3)27(32)30(25)18(2)19-12-5-4-6-13-19/h4-16,18H,1-3H3/t18-/m1/s1. The Hall–Kier alpha value is -3.99. The van der Waals surface area contributed by atoms with Crippen LogP contribution < -0.4 is 11.0 Å². The number of hydrogen-bond donors (Lipinski definition) is 0.